The molecule has 0 bridgehead atoms. The highest BCUT2D eigenvalue weighted by Gasteiger charge is 2.25. The number of carbonyl (C=O) groups excluding carboxylic acids is 2. The fourth-order valence-corrected chi connectivity index (χ4v) is 2.28. The van der Waals surface area contributed by atoms with Crippen molar-refractivity contribution in [3.8, 4) is 0 Å². The van der Waals surface area contributed by atoms with Gasteiger partial charge in [0.25, 0.3) is 0 Å². The molecule has 2 N–H and O–H groups in total. The van der Waals surface area contributed by atoms with Crippen LogP contribution in [0.4, 0.5) is 18.9 Å². The van der Waals surface area contributed by atoms with Crippen LogP contribution >= 0.6 is 11.6 Å². The molecule has 0 fully saturated rings. The summed E-state index contributed by atoms with van der Waals surface area (Å²) in [4.78, 5) is 29.1. The highest BCUT2D eigenvalue weighted by atomic mass is 35.5. The molecule has 13 heteroatoms. The predicted octanol–water partition coefficient (Wildman–Crippen LogP) is 3.35. The summed E-state index contributed by atoms with van der Waals surface area (Å²) in [6.45, 7) is 0. The van der Waals surface area contributed by atoms with Crippen molar-refractivity contribution in [2.45, 2.75) is 12.6 Å². The quantitative estimate of drug-likeness (QED) is 0.197. The van der Waals surface area contributed by atoms with Gasteiger partial charge >= 0.3 is 6.18 Å². The van der Waals surface area contributed by atoms with Gasteiger partial charge in [-0.05, 0) is 35.5 Å². The van der Waals surface area contributed by atoms with Gasteiger partial charge in [-0.15, -0.1) is 0 Å². The van der Waals surface area contributed by atoms with E-state index in [1.54, 1.807) is 36.4 Å². The Labute approximate surface area is 177 Å². The zero-order chi connectivity index (χ0) is 22.9. The maximum Gasteiger partial charge on any atom is 0.446 e. The van der Waals surface area contributed by atoms with E-state index in [1.807, 2.05) is 5.48 Å². The van der Waals surface area contributed by atoms with Crippen LogP contribution in [0.15, 0.2) is 58.4 Å². The molecule has 3 rings (SSSR count). The van der Waals surface area contributed by atoms with Crippen LogP contribution in [0.1, 0.15) is 21.7 Å². The van der Waals surface area contributed by atoms with Gasteiger partial charge < -0.3 is 0 Å². The van der Waals surface area contributed by atoms with Gasteiger partial charge in [-0.25, -0.2) is 9.62 Å². The molecule has 0 unspecified atom stereocenters. The van der Waals surface area contributed by atoms with E-state index in [9.17, 15) is 23.2 Å². The number of pyridine rings is 1. The fraction of sp³-hybridized carbons (Fsp3) is 0.111. The molecule has 9 nitrogen and oxygen atoms in total. The number of alkyl halides is 3. The van der Waals surface area contributed by atoms with E-state index in [1.165, 1.54) is 12.4 Å². The van der Waals surface area contributed by atoms with Crippen LogP contribution < -0.4 is 5.48 Å². The second kappa shape index (κ2) is 10.9. The number of aliphatic imine (C=N–C) groups is 1. The second-order valence-corrected chi connectivity index (χ2v) is 6.04. The number of ketones is 1. The molecule has 0 aliphatic heterocycles. The number of hydroxylamine groups is 1. The first-order valence-electron chi connectivity index (χ1n) is 8.26. The van der Waals surface area contributed by atoms with Gasteiger partial charge in [-0.2, -0.15) is 13.2 Å². The Morgan fingerprint density at radius 3 is 2.48 bits per heavy atom. The summed E-state index contributed by atoms with van der Waals surface area (Å²) in [5.74, 6) is -0.208. The third-order valence-electron chi connectivity index (χ3n) is 3.40. The third-order valence-corrected chi connectivity index (χ3v) is 3.63. The van der Waals surface area contributed by atoms with Crippen LogP contribution in [0, 0.1) is 0 Å². The number of rotatable bonds is 5. The molecule has 1 aromatic carbocycles. The van der Waals surface area contributed by atoms with E-state index in [-0.39, 0.29) is 29.4 Å². The molecule has 0 amide bonds. The first kappa shape index (κ1) is 23.6. The molecule has 0 saturated heterocycles. The van der Waals surface area contributed by atoms with E-state index in [2.05, 4.69) is 20.3 Å². The molecule has 0 aliphatic rings. The molecule has 0 aliphatic carbocycles. The van der Waals surface area contributed by atoms with Gasteiger partial charge in [0.05, 0.1) is 12.1 Å². The number of nitrogens with one attached hydrogen (secondary N) is 1. The first-order valence-corrected chi connectivity index (χ1v) is 8.63. The Kier molecular flexibility index (Phi) is 8.34. The summed E-state index contributed by atoms with van der Waals surface area (Å²) in [5.41, 5.74) is 3.28. The van der Waals surface area contributed by atoms with Crippen molar-refractivity contribution < 1.29 is 32.6 Å². The number of amidine groups is 1. The van der Waals surface area contributed by atoms with E-state index in [0.29, 0.717) is 16.3 Å². The van der Waals surface area contributed by atoms with Gasteiger partial charge in [0, 0.05) is 23.0 Å². The molecule has 2 aromatic heterocycles. The Balaban J connectivity index is 0.000000501. The number of nitrogens with zero attached hydrogens (tertiary/aromatic N) is 4. The monoisotopic (exact) mass is 455 g/mol. The normalized spacial score (nSPS) is 11.3. The van der Waals surface area contributed by atoms with Crippen LogP contribution in [0.25, 0.3) is 0 Å². The summed E-state index contributed by atoms with van der Waals surface area (Å²) >= 11 is 5.92. The summed E-state index contributed by atoms with van der Waals surface area (Å²) in [5, 5.41) is 17.3. The largest absolute Gasteiger partial charge is 0.446 e. The van der Waals surface area contributed by atoms with Gasteiger partial charge in [0.1, 0.15) is 5.69 Å². The number of benzene rings is 1. The van der Waals surface area contributed by atoms with Crippen LogP contribution in [-0.4, -0.2) is 44.6 Å². The van der Waals surface area contributed by atoms with Gasteiger partial charge in [0.2, 0.25) is 6.29 Å². The summed E-state index contributed by atoms with van der Waals surface area (Å²) < 4.78 is 36.0. The predicted molar refractivity (Wildman–Crippen MR) is 101 cm³/mol. The van der Waals surface area contributed by atoms with Crippen LogP contribution in [0.2, 0.25) is 5.02 Å². The Morgan fingerprint density at radius 1 is 1.23 bits per heavy atom. The smallest absolute Gasteiger partial charge is 0.294 e. The number of hydrogen-bond acceptors (Lipinski definition) is 8. The number of aromatic nitrogens is 3. The molecule has 162 valence electrons. The average Bonchev–Trinajstić information content (AvgIpc) is 3.20. The SMILES string of the molecule is O=C(Cc1nonc1C(=Nc1cccc(Cl)c1)NO)c1ccncc1.O=CC(F)(F)F. The van der Waals surface area contributed by atoms with E-state index in [4.69, 9.17) is 21.0 Å². The number of hydrogen-bond donors (Lipinski definition) is 2. The fourth-order valence-electron chi connectivity index (χ4n) is 2.10. The Hall–Kier alpha value is -3.64. The lowest BCUT2D eigenvalue weighted by Gasteiger charge is -2.03. The molecule has 0 saturated carbocycles. The van der Waals surface area contributed by atoms with Gasteiger partial charge in [0.15, 0.2) is 17.3 Å². The summed E-state index contributed by atoms with van der Waals surface area (Å²) in [6.07, 6.45) is -2.72. The number of aldehydes is 1. The molecule has 0 spiro atoms. The van der Waals surface area contributed by atoms with Crippen molar-refractivity contribution in [1.29, 1.82) is 0 Å². The minimum Gasteiger partial charge on any atom is -0.294 e. The van der Waals surface area contributed by atoms with Crippen LogP contribution in [0.3, 0.4) is 0 Å². The molecular weight excluding hydrogens is 443 g/mol. The van der Waals surface area contributed by atoms with Crippen LogP contribution in [0.5, 0.6) is 0 Å². The number of carbonyl (C=O) groups is 2. The lowest BCUT2D eigenvalue weighted by atomic mass is 10.1. The van der Waals surface area contributed by atoms with Gasteiger partial charge in [-0.3, -0.25) is 25.3 Å². The standard InChI is InChI=1S/C16H12ClN5O3.C2HF3O/c17-11-2-1-3-12(8-11)19-16(20-24)15-13(21-25-22-15)9-14(23)10-4-6-18-7-5-10;3-2(4,5)1-6/h1-8,24H,9H2,(H,19,20);1H. The molecule has 0 atom stereocenters. The second-order valence-electron chi connectivity index (χ2n) is 5.61. The van der Waals surface area contributed by atoms with Crippen molar-refractivity contribution in [2.75, 3.05) is 0 Å². The molecular formula is C18H13ClF3N5O4. The number of halogens is 4. The topological polar surface area (TPSA) is 131 Å². The molecule has 0 radical (unpaired) electrons. The maximum atomic E-state index is 12.3. The molecule has 31 heavy (non-hydrogen) atoms. The van der Waals surface area contributed by atoms with E-state index < -0.39 is 12.5 Å². The summed E-state index contributed by atoms with van der Waals surface area (Å²) in [6, 6.07) is 9.91. The Bertz CT molecular complexity index is 1060. The lowest BCUT2D eigenvalue weighted by molar-refractivity contribution is -0.156. The lowest BCUT2D eigenvalue weighted by Crippen LogP contribution is -2.22. The minimum atomic E-state index is -4.64. The maximum absolute atomic E-state index is 12.3. The highest BCUT2D eigenvalue weighted by molar-refractivity contribution is 6.30. The van der Waals surface area contributed by atoms with Crippen molar-refractivity contribution in [2.24, 2.45) is 4.99 Å². The molecule has 3 aromatic rings. The van der Waals surface area contributed by atoms with Crippen molar-refractivity contribution >= 4 is 35.2 Å². The number of Topliss-reactive ketones (excluding diaryl/α,β-unsaturated/α-hetero) is 1. The third kappa shape index (κ3) is 7.60. The average molecular weight is 456 g/mol. The van der Waals surface area contributed by atoms with Crippen molar-refractivity contribution in [3.05, 3.63) is 70.8 Å². The van der Waals surface area contributed by atoms with Crippen molar-refractivity contribution in [1.82, 2.24) is 20.8 Å². The van der Waals surface area contributed by atoms with E-state index >= 15 is 0 Å². The van der Waals surface area contributed by atoms with Crippen LogP contribution in [-0.2, 0) is 11.2 Å². The summed E-state index contributed by atoms with van der Waals surface area (Å²) in [7, 11) is 0. The first-order chi connectivity index (χ1) is 14.7. The Morgan fingerprint density at radius 2 is 1.90 bits per heavy atom. The zero-order valence-electron chi connectivity index (χ0n) is 15.4. The molecule has 2 heterocycles. The van der Waals surface area contributed by atoms with Gasteiger partial charge in [-0.1, -0.05) is 22.8 Å². The minimum absolute atomic E-state index is 0.0129. The van der Waals surface area contributed by atoms with Crippen molar-refractivity contribution in [3.63, 3.8) is 0 Å². The zero-order valence-corrected chi connectivity index (χ0v) is 16.1. The van der Waals surface area contributed by atoms with E-state index in [0.717, 1.165) is 0 Å². The highest BCUT2D eigenvalue weighted by Crippen LogP contribution is 2.19.